The molecule has 4 aromatic carbocycles. The van der Waals surface area contributed by atoms with Crippen molar-refractivity contribution in [3.8, 4) is 5.69 Å². The van der Waals surface area contributed by atoms with Crippen LogP contribution in [0.15, 0.2) is 54.6 Å². The van der Waals surface area contributed by atoms with Gasteiger partial charge in [0.2, 0.25) is 0 Å². The van der Waals surface area contributed by atoms with Crippen LogP contribution >= 0.6 is 0 Å². The van der Waals surface area contributed by atoms with E-state index in [1.54, 1.807) is 5.56 Å². The maximum atomic E-state index is 2.88. The molecule has 48 heavy (non-hydrogen) atoms. The average molecular weight is 633 g/mol. The number of rotatable bonds is 0. The van der Waals surface area contributed by atoms with Gasteiger partial charge in [0.05, 0.1) is 11.1 Å². The predicted molar refractivity (Wildman–Crippen MR) is 209 cm³/mol. The van der Waals surface area contributed by atoms with Crippen molar-refractivity contribution in [2.24, 2.45) is 0 Å². The normalized spacial score (nSPS) is 22.8. The smallest absolute Gasteiger partial charge is 0.252 e. The first kappa shape index (κ1) is 30.6. The van der Waals surface area contributed by atoms with Crippen molar-refractivity contribution in [1.82, 2.24) is 4.57 Å². The molecule has 9 rings (SSSR count). The Hall–Kier alpha value is -3.46. The fourth-order valence-corrected chi connectivity index (χ4v) is 10.3. The van der Waals surface area contributed by atoms with Gasteiger partial charge in [-0.2, -0.15) is 0 Å². The van der Waals surface area contributed by atoms with E-state index in [4.69, 9.17) is 0 Å². The third kappa shape index (κ3) is 3.67. The molecule has 0 N–H and O–H groups in total. The molecule has 3 heteroatoms. The highest BCUT2D eigenvalue weighted by Gasteiger charge is 2.61. The molecule has 246 valence electrons. The summed E-state index contributed by atoms with van der Waals surface area (Å²) in [7, 11) is 0. The van der Waals surface area contributed by atoms with E-state index in [0.717, 1.165) is 0 Å². The van der Waals surface area contributed by atoms with E-state index < -0.39 is 0 Å². The van der Waals surface area contributed by atoms with Crippen LogP contribution in [-0.4, -0.2) is 16.8 Å². The molecule has 1 saturated carbocycles. The maximum absolute atomic E-state index is 2.88. The first-order valence-electron chi connectivity index (χ1n) is 18.6. The molecule has 5 aromatic rings. The molecule has 1 fully saturated rings. The van der Waals surface area contributed by atoms with Gasteiger partial charge in [-0.05, 0) is 117 Å². The number of aromatic nitrogens is 1. The van der Waals surface area contributed by atoms with Gasteiger partial charge >= 0.3 is 0 Å². The maximum Gasteiger partial charge on any atom is 0.252 e. The highest BCUT2D eigenvalue weighted by atomic mass is 15.3. The molecule has 1 aliphatic carbocycles. The third-order valence-corrected chi connectivity index (χ3v) is 13.4. The summed E-state index contributed by atoms with van der Waals surface area (Å²) in [5.74, 6) is 0. The molecule has 0 radical (unpaired) electrons. The molecular weight excluding hydrogens is 579 g/mol. The summed E-state index contributed by atoms with van der Waals surface area (Å²) in [4.78, 5) is 2.88. The van der Waals surface area contributed by atoms with Crippen LogP contribution in [0.5, 0.6) is 0 Å². The summed E-state index contributed by atoms with van der Waals surface area (Å²) in [6.07, 6.45) is 5.09. The van der Waals surface area contributed by atoms with Crippen LogP contribution in [0.2, 0.25) is 0 Å². The highest BCUT2D eigenvalue weighted by molar-refractivity contribution is 7.00. The second-order valence-electron chi connectivity index (χ2n) is 19.5. The lowest BCUT2D eigenvalue weighted by molar-refractivity contribution is 0.195. The van der Waals surface area contributed by atoms with Crippen LogP contribution in [0.3, 0.4) is 0 Å². The van der Waals surface area contributed by atoms with Gasteiger partial charge in [0, 0.05) is 38.8 Å². The lowest BCUT2D eigenvalue weighted by Crippen LogP contribution is -2.64. The fraction of sp³-hybridized carbons (Fsp3) is 0.467. The molecule has 0 spiro atoms. The summed E-state index contributed by atoms with van der Waals surface area (Å²) in [6, 6.07) is 22.8. The van der Waals surface area contributed by atoms with Gasteiger partial charge in [0.15, 0.2) is 0 Å². The lowest BCUT2D eigenvalue weighted by atomic mass is 9.33. The summed E-state index contributed by atoms with van der Waals surface area (Å²) in [5.41, 5.74) is 19.2. The van der Waals surface area contributed by atoms with Gasteiger partial charge in [0.1, 0.15) is 0 Å². The first-order chi connectivity index (χ1) is 22.3. The van der Waals surface area contributed by atoms with Crippen molar-refractivity contribution in [3.63, 3.8) is 0 Å². The number of nitrogens with zero attached hydrogens (tertiary/aromatic N) is 2. The molecular formula is C45H53BN2. The monoisotopic (exact) mass is 632 g/mol. The van der Waals surface area contributed by atoms with Crippen LogP contribution in [0.25, 0.3) is 27.5 Å². The van der Waals surface area contributed by atoms with Gasteiger partial charge in [-0.1, -0.05) is 106 Å². The van der Waals surface area contributed by atoms with Crippen LogP contribution < -0.4 is 21.3 Å². The van der Waals surface area contributed by atoms with Crippen LogP contribution in [0, 0.1) is 6.92 Å². The zero-order valence-electron chi connectivity index (χ0n) is 31.5. The molecule has 2 unspecified atom stereocenters. The van der Waals surface area contributed by atoms with Gasteiger partial charge in [-0.25, -0.2) is 0 Å². The number of hydrogen-bond acceptors (Lipinski definition) is 1. The minimum Gasteiger partial charge on any atom is -0.335 e. The molecule has 0 saturated heterocycles. The Morgan fingerprint density at radius 1 is 0.646 bits per heavy atom. The Bertz CT molecular complexity index is 2250. The summed E-state index contributed by atoms with van der Waals surface area (Å²) < 4.78 is 2.67. The van der Waals surface area contributed by atoms with Crippen molar-refractivity contribution in [2.75, 3.05) is 4.90 Å². The second-order valence-corrected chi connectivity index (χ2v) is 19.5. The standard InChI is InChI=1S/C45H53BN2/c1-26-19-36-38-37(20-26)48-40-32(44(11)17-13-14-18-45(44,48)12)23-29(43(8,9)10)25-34(40)46(38)33-24-28(42(5,6)7)22-31-30-21-27(41(2,3)4)15-16-35(30)47(36)39(31)33/h15-16,19-25H,13-14,17-18H2,1-12H3. The molecule has 4 aliphatic rings. The first-order valence-corrected chi connectivity index (χ1v) is 18.6. The van der Waals surface area contributed by atoms with Crippen molar-refractivity contribution >= 4 is 56.3 Å². The second kappa shape index (κ2) is 9.01. The molecule has 3 aliphatic heterocycles. The molecule has 2 nitrogen and oxygen atoms in total. The summed E-state index contributed by atoms with van der Waals surface area (Å²) in [5, 5.41) is 2.80. The van der Waals surface area contributed by atoms with Gasteiger partial charge in [-0.15, -0.1) is 0 Å². The van der Waals surface area contributed by atoms with E-state index in [1.807, 2.05) is 0 Å². The van der Waals surface area contributed by atoms with E-state index in [1.165, 1.54) is 103 Å². The minimum absolute atomic E-state index is 0.0307. The van der Waals surface area contributed by atoms with E-state index in [-0.39, 0.29) is 33.9 Å². The number of anilines is 2. The quantitative estimate of drug-likeness (QED) is 0.151. The largest absolute Gasteiger partial charge is 0.335 e. The van der Waals surface area contributed by atoms with Crippen molar-refractivity contribution in [2.45, 2.75) is 136 Å². The highest BCUT2D eigenvalue weighted by Crippen LogP contribution is 2.62. The Balaban J connectivity index is 1.50. The van der Waals surface area contributed by atoms with E-state index in [0.29, 0.717) is 0 Å². The van der Waals surface area contributed by atoms with Crippen molar-refractivity contribution in [3.05, 3.63) is 82.4 Å². The number of hydrogen-bond donors (Lipinski definition) is 0. The topological polar surface area (TPSA) is 8.17 Å². The summed E-state index contributed by atoms with van der Waals surface area (Å²) >= 11 is 0. The van der Waals surface area contributed by atoms with E-state index in [9.17, 15) is 0 Å². The molecule has 0 amide bonds. The molecule has 2 atom stereocenters. The fourth-order valence-electron chi connectivity index (χ4n) is 10.3. The van der Waals surface area contributed by atoms with E-state index >= 15 is 0 Å². The Morgan fingerprint density at radius 3 is 1.94 bits per heavy atom. The zero-order valence-corrected chi connectivity index (χ0v) is 31.5. The van der Waals surface area contributed by atoms with Crippen LogP contribution in [0.1, 0.15) is 130 Å². The van der Waals surface area contributed by atoms with Gasteiger partial charge in [-0.3, -0.25) is 0 Å². The van der Waals surface area contributed by atoms with Crippen LogP contribution in [0.4, 0.5) is 11.4 Å². The predicted octanol–water partition coefficient (Wildman–Crippen LogP) is 9.87. The Morgan fingerprint density at radius 2 is 1.25 bits per heavy atom. The number of aryl methyl sites for hydroxylation is 1. The summed E-state index contributed by atoms with van der Waals surface area (Å²) in [6.45, 7) is 29.1. The molecule has 4 heterocycles. The van der Waals surface area contributed by atoms with Gasteiger partial charge < -0.3 is 9.47 Å². The molecule has 1 aromatic heterocycles. The van der Waals surface area contributed by atoms with Crippen LogP contribution in [-0.2, 0) is 21.7 Å². The zero-order chi connectivity index (χ0) is 34.1. The third-order valence-electron chi connectivity index (χ3n) is 13.4. The SMILES string of the molecule is Cc1cc2c3c(c1)-n1c4ccc(C(C)(C)C)cc4c4cc(C(C)(C)C)cc(c41)B3c1cc(C(C)(C)C)cc3c1N2C1(C)CCCCC31C. The Labute approximate surface area is 289 Å². The van der Waals surface area contributed by atoms with Crippen molar-refractivity contribution < 1.29 is 0 Å². The Kier molecular flexibility index (Phi) is 5.74. The molecule has 0 bridgehead atoms. The average Bonchev–Trinajstić information content (AvgIpc) is 3.43. The minimum atomic E-state index is 0.0307. The van der Waals surface area contributed by atoms with Gasteiger partial charge in [0.25, 0.3) is 6.71 Å². The van der Waals surface area contributed by atoms with E-state index in [2.05, 4.69) is 147 Å². The number of benzene rings is 4. The number of fused-ring (bicyclic) bond motifs is 10. The lowest BCUT2D eigenvalue weighted by Gasteiger charge is -2.52. The van der Waals surface area contributed by atoms with Crippen molar-refractivity contribution in [1.29, 1.82) is 0 Å².